The number of carbonyl (C=O) groups excluding carboxylic acids is 3. The van der Waals surface area contributed by atoms with Gasteiger partial charge in [0.25, 0.3) is 0 Å². The standard InChI is InChI=1S/C39H69N3O6/c1-34(2)19-28(37(7,8)40-34)22-46-31(43)16-25-13-14-26(17-32(44)47-23-29-20-35(3,4)41-38(29,9)10)27(15-25)18-33(45)48-24-30-21-36(5,6)42-39(30,11)12/h25-30,40-42H,13-24H2,1-12H3. The number of hydrogen-bond donors (Lipinski definition) is 3. The van der Waals surface area contributed by atoms with E-state index in [4.69, 9.17) is 14.2 Å². The van der Waals surface area contributed by atoms with Crippen LogP contribution in [0.1, 0.15) is 141 Å². The molecular weight excluding hydrogens is 606 g/mol. The van der Waals surface area contributed by atoms with E-state index >= 15 is 0 Å². The molecule has 4 fully saturated rings. The molecule has 0 radical (unpaired) electrons. The average molecular weight is 676 g/mol. The minimum Gasteiger partial charge on any atom is -0.465 e. The molecule has 6 atom stereocenters. The zero-order valence-corrected chi connectivity index (χ0v) is 32.4. The molecule has 0 amide bonds. The summed E-state index contributed by atoms with van der Waals surface area (Å²) < 4.78 is 17.7. The molecule has 9 heteroatoms. The van der Waals surface area contributed by atoms with Gasteiger partial charge < -0.3 is 30.2 Å². The van der Waals surface area contributed by atoms with Crippen LogP contribution in [0.25, 0.3) is 0 Å². The van der Waals surface area contributed by atoms with Crippen molar-refractivity contribution in [2.24, 2.45) is 35.5 Å². The van der Waals surface area contributed by atoms with Crippen LogP contribution in [0, 0.1) is 35.5 Å². The Morgan fingerprint density at radius 1 is 0.500 bits per heavy atom. The van der Waals surface area contributed by atoms with Gasteiger partial charge in [-0.25, -0.2) is 0 Å². The van der Waals surface area contributed by atoms with Crippen molar-refractivity contribution in [3.63, 3.8) is 0 Å². The van der Waals surface area contributed by atoms with Gasteiger partial charge in [0.05, 0.1) is 19.8 Å². The molecule has 9 nitrogen and oxygen atoms in total. The largest absolute Gasteiger partial charge is 0.465 e. The van der Waals surface area contributed by atoms with Gasteiger partial charge in [-0.2, -0.15) is 0 Å². The highest BCUT2D eigenvalue weighted by Gasteiger charge is 2.47. The fourth-order valence-corrected chi connectivity index (χ4v) is 10.0. The van der Waals surface area contributed by atoms with Gasteiger partial charge in [-0.05, 0) is 139 Å². The number of esters is 3. The number of hydrogen-bond acceptors (Lipinski definition) is 9. The topological polar surface area (TPSA) is 115 Å². The first kappa shape index (κ1) is 39.1. The zero-order chi connectivity index (χ0) is 35.9. The van der Waals surface area contributed by atoms with Gasteiger partial charge in [0.2, 0.25) is 0 Å². The van der Waals surface area contributed by atoms with Crippen molar-refractivity contribution in [3.05, 3.63) is 0 Å². The minimum absolute atomic E-state index is 0.00299. The fourth-order valence-electron chi connectivity index (χ4n) is 10.0. The minimum atomic E-state index is -0.221. The molecule has 3 aliphatic heterocycles. The predicted molar refractivity (Wildman–Crippen MR) is 189 cm³/mol. The third-order valence-electron chi connectivity index (χ3n) is 12.2. The first-order valence-corrected chi connectivity index (χ1v) is 18.7. The maximum atomic E-state index is 13.3. The molecule has 3 saturated heterocycles. The molecule has 0 spiro atoms. The molecule has 4 aliphatic rings. The van der Waals surface area contributed by atoms with Crippen LogP contribution < -0.4 is 16.0 Å². The van der Waals surface area contributed by atoms with Crippen molar-refractivity contribution in [3.8, 4) is 0 Å². The second kappa shape index (κ2) is 14.1. The van der Waals surface area contributed by atoms with E-state index in [9.17, 15) is 14.4 Å². The van der Waals surface area contributed by atoms with E-state index in [1.165, 1.54) is 0 Å². The van der Waals surface area contributed by atoms with Gasteiger partial charge in [-0.1, -0.05) is 0 Å². The van der Waals surface area contributed by atoms with Crippen molar-refractivity contribution in [1.29, 1.82) is 0 Å². The summed E-state index contributed by atoms with van der Waals surface area (Å²) in [4.78, 5) is 39.6. The van der Waals surface area contributed by atoms with Crippen LogP contribution in [0.5, 0.6) is 0 Å². The Hall–Kier alpha value is -1.71. The number of carbonyl (C=O) groups is 3. The number of nitrogens with one attached hydrogen (secondary N) is 3. The van der Waals surface area contributed by atoms with Crippen LogP contribution in [0.15, 0.2) is 0 Å². The molecule has 276 valence electrons. The lowest BCUT2D eigenvalue weighted by atomic mass is 9.70. The van der Waals surface area contributed by atoms with Crippen LogP contribution >= 0.6 is 0 Å². The third-order valence-corrected chi connectivity index (χ3v) is 12.2. The summed E-state index contributed by atoms with van der Waals surface area (Å²) in [6, 6.07) is 0. The van der Waals surface area contributed by atoms with Gasteiger partial charge in [-0.3, -0.25) is 14.4 Å². The van der Waals surface area contributed by atoms with Gasteiger partial charge in [-0.15, -0.1) is 0 Å². The maximum Gasteiger partial charge on any atom is 0.306 e. The SMILES string of the molecule is CC1(C)CC(COC(=O)CC2CCC(CC(=O)OCC3CC(C)(C)NC3(C)C)C(CC(=O)OCC3CC(C)(C)NC3(C)C)C2)C(C)(C)N1. The molecule has 6 unspecified atom stereocenters. The highest BCUT2D eigenvalue weighted by molar-refractivity contribution is 5.72. The zero-order valence-electron chi connectivity index (χ0n) is 32.4. The summed E-state index contributed by atoms with van der Waals surface area (Å²) in [5.41, 5.74) is -0.306. The van der Waals surface area contributed by atoms with Crippen LogP contribution in [0.4, 0.5) is 0 Å². The summed E-state index contributed by atoms with van der Waals surface area (Å²) >= 11 is 0. The van der Waals surface area contributed by atoms with Crippen LogP contribution in [0.3, 0.4) is 0 Å². The summed E-state index contributed by atoms with van der Waals surface area (Å²) in [6.07, 6.45) is 6.00. The Labute approximate surface area is 291 Å². The number of ether oxygens (including phenoxy) is 3. The fraction of sp³-hybridized carbons (Fsp3) is 0.923. The van der Waals surface area contributed by atoms with E-state index in [-0.39, 0.29) is 99.5 Å². The lowest BCUT2D eigenvalue weighted by molar-refractivity contribution is -0.152. The molecule has 3 heterocycles. The normalized spacial score (nSPS) is 34.0. The Balaban J connectivity index is 1.34. The van der Waals surface area contributed by atoms with E-state index in [2.05, 4.69) is 99.0 Å². The highest BCUT2D eigenvalue weighted by atomic mass is 16.5. The molecule has 0 aromatic carbocycles. The summed E-state index contributed by atoms with van der Waals surface area (Å²) in [6.45, 7) is 27.3. The van der Waals surface area contributed by atoms with Gasteiger partial charge in [0, 0.05) is 70.2 Å². The van der Waals surface area contributed by atoms with Crippen LogP contribution in [0.2, 0.25) is 0 Å². The quantitative estimate of drug-likeness (QED) is 0.162. The van der Waals surface area contributed by atoms with E-state index in [0.717, 1.165) is 32.1 Å². The van der Waals surface area contributed by atoms with E-state index in [0.29, 0.717) is 32.7 Å². The van der Waals surface area contributed by atoms with Crippen molar-refractivity contribution in [2.75, 3.05) is 19.8 Å². The van der Waals surface area contributed by atoms with Crippen molar-refractivity contribution < 1.29 is 28.6 Å². The lowest BCUT2D eigenvalue weighted by Gasteiger charge is -2.35. The van der Waals surface area contributed by atoms with Gasteiger partial charge in [0.1, 0.15) is 0 Å². The van der Waals surface area contributed by atoms with E-state index in [1.54, 1.807) is 0 Å². The van der Waals surface area contributed by atoms with Crippen LogP contribution in [-0.4, -0.2) is 71.0 Å². The highest BCUT2D eigenvalue weighted by Crippen LogP contribution is 2.42. The van der Waals surface area contributed by atoms with Crippen LogP contribution in [-0.2, 0) is 28.6 Å². The molecule has 0 bridgehead atoms. The summed E-state index contributed by atoms with van der Waals surface area (Å²) in [5.74, 6) is 0.192. The Morgan fingerprint density at radius 3 is 1.17 bits per heavy atom. The smallest absolute Gasteiger partial charge is 0.306 e. The van der Waals surface area contributed by atoms with Crippen molar-refractivity contribution in [2.45, 2.75) is 174 Å². The molecule has 48 heavy (non-hydrogen) atoms. The number of rotatable bonds is 12. The molecule has 1 aliphatic carbocycles. The molecule has 0 aromatic rings. The third kappa shape index (κ3) is 10.4. The summed E-state index contributed by atoms with van der Waals surface area (Å²) in [7, 11) is 0. The van der Waals surface area contributed by atoms with E-state index < -0.39 is 0 Å². The average Bonchev–Trinajstić information content (AvgIpc) is 3.37. The maximum absolute atomic E-state index is 13.3. The first-order valence-electron chi connectivity index (χ1n) is 18.7. The monoisotopic (exact) mass is 676 g/mol. The molecule has 3 N–H and O–H groups in total. The Kier molecular flexibility index (Phi) is 11.5. The Bertz CT molecular complexity index is 1170. The summed E-state index contributed by atoms with van der Waals surface area (Å²) in [5, 5.41) is 11.0. The first-order chi connectivity index (χ1) is 21.9. The second-order valence-corrected chi connectivity index (χ2v) is 19.8. The second-order valence-electron chi connectivity index (χ2n) is 19.8. The van der Waals surface area contributed by atoms with Gasteiger partial charge in [0.15, 0.2) is 0 Å². The molecule has 1 saturated carbocycles. The molecule has 4 rings (SSSR count). The van der Waals surface area contributed by atoms with E-state index in [1.807, 2.05) is 0 Å². The van der Waals surface area contributed by atoms with Crippen molar-refractivity contribution >= 4 is 17.9 Å². The Morgan fingerprint density at radius 2 is 0.833 bits per heavy atom. The lowest BCUT2D eigenvalue weighted by Crippen LogP contribution is -2.46. The van der Waals surface area contributed by atoms with Gasteiger partial charge >= 0.3 is 17.9 Å². The van der Waals surface area contributed by atoms with Crippen molar-refractivity contribution in [1.82, 2.24) is 16.0 Å². The predicted octanol–water partition coefficient (Wildman–Crippen LogP) is 6.32. The molecule has 0 aromatic heterocycles. The molecular formula is C39H69N3O6.